The number of nitrogens with zero attached hydrogens (tertiary/aromatic N) is 3. The summed E-state index contributed by atoms with van der Waals surface area (Å²) in [4.78, 5) is 34.5. The summed E-state index contributed by atoms with van der Waals surface area (Å²) in [5, 5.41) is 0. The third-order valence-electron chi connectivity index (χ3n) is 6.42. The molecule has 0 saturated carbocycles. The van der Waals surface area contributed by atoms with E-state index in [-0.39, 0.29) is 11.8 Å². The molecule has 2 fully saturated rings. The maximum atomic E-state index is 13.0. The number of likely N-dealkylation sites (tertiary alicyclic amines) is 1. The van der Waals surface area contributed by atoms with Crippen LogP contribution in [0.1, 0.15) is 52.7 Å². The molecular formula is C21H31N3O2S. The molecule has 4 rings (SSSR count). The summed E-state index contributed by atoms with van der Waals surface area (Å²) in [7, 11) is 0. The normalized spacial score (nSPS) is 24.0. The van der Waals surface area contributed by atoms with Crippen molar-refractivity contribution in [3.8, 4) is 0 Å². The first-order valence-corrected chi connectivity index (χ1v) is 11.4. The number of hydrogen-bond acceptors (Lipinski definition) is 4. The summed E-state index contributed by atoms with van der Waals surface area (Å²) in [5.41, 5.74) is 1.25. The van der Waals surface area contributed by atoms with Crippen molar-refractivity contribution in [2.75, 3.05) is 45.8 Å². The number of amides is 2. The minimum Gasteiger partial charge on any atom is -0.340 e. The van der Waals surface area contributed by atoms with E-state index in [1.54, 1.807) is 11.3 Å². The van der Waals surface area contributed by atoms with Crippen molar-refractivity contribution in [1.29, 1.82) is 0 Å². The second-order valence-corrected chi connectivity index (χ2v) is 9.25. The van der Waals surface area contributed by atoms with E-state index in [4.69, 9.17) is 0 Å². The van der Waals surface area contributed by atoms with Crippen LogP contribution in [0.2, 0.25) is 0 Å². The third kappa shape index (κ3) is 4.06. The number of piperazine rings is 1. The topological polar surface area (TPSA) is 43.9 Å². The summed E-state index contributed by atoms with van der Waals surface area (Å²) in [6.45, 7) is 8.74. The molecule has 1 aromatic heterocycles. The lowest BCUT2D eigenvalue weighted by Crippen LogP contribution is -2.50. The molecule has 2 aliphatic heterocycles. The summed E-state index contributed by atoms with van der Waals surface area (Å²) in [6, 6.07) is 2.09. The number of thiophene rings is 1. The summed E-state index contributed by atoms with van der Waals surface area (Å²) in [6.07, 6.45) is 6.17. The van der Waals surface area contributed by atoms with Crippen molar-refractivity contribution < 1.29 is 9.59 Å². The number of fused-ring (bicyclic) bond motifs is 1. The fourth-order valence-electron chi connectivity index (χ4n) is 4.64. The number of carbonyl (C=O) groups is 2. The molecule has 1 aliphatic carbocycles. The first-order chi connectivity index (χ1) is 13.2. The molecule has 2 amide bonds. The van der Waals surface area contributed by atoms with E-state index >= 15 is 0 Å². The average molecular weight is 390 g/mol. The molecule has 0 bridgehead atoms. The summed E-state index contributed by atoms with van der Waals surface area (Å²) in [5.74, 6) is 0.623. The van der Waals surface area contributed by atoms with Crippen molar-refractivity contribution in [2.45, 2.75) is 45.4 Å². The van der Waals surface area contributed by atoms with Gasteiger partial charge in [0.15, 0.2) is 0 Å². The standard InChI is InChI=1S/C21H31N3O2S/c1-2-22-10-12-24(13-11-22)20(25)16-6-7-18-17(14-16)15-19(27-18)21(26)23-8-4-3-5-9-23/h15-16H,2-14H2,1H3/t16-/m0/s1. The molecule has 0 aromatic carbocycles. The average Bonchev–Trinajstić information content (AvgIpc) is 3.16. The van der Waals surface area contributed by atoms with Crippen LogP contribution < -0.4 is 0 Å². The van der Waals surface area contributed by atoms with E-state index in [0.29, 0.717) is 5.91 Å². The minimum absolute atomic E-state index is 0.0956. The second kappa shape index (κ2) is 8.31. The Morgan fingerprint density at radius 1 is 1.04 bits per heavy atom. The van der Waals surface area contributed by atoms with E-state index in [2.05, 4.69) is 22.8 Å². The van der Waals surface area contributed by atoms with Gasteiger partial charge in [0.2, 0.25) is 5.91 Å². The van der Waals surface area contributed by atoms with Gasteiger partial charge in [0, 0.05) is 50.1 Å². The predicted molar refractivity (Wildman–Crippen MR) is 108 cm³/mol. The van der Waals surface area contributed by atoms with Crippen LogP contribution >= 0.6 is 11.3 Å². The summed E-state index contributed by atoms with van der Waals surface area (Å²) >= 11 is 1.67. The van der Waals surface area contributed by atoms with Crippen molar-refractivity contribution in [3.05, 3.63) is 21.4 Å². The fourth-order valence-corrected chi connectivity index (χ4v) is 5.81. The molecule has 1 aromatic rings. The SMILES string of the molecule is CCN1CCN(C(=O)[C@H]2CCc3sc(C(=O)N4CCCCC4)cc3C2)CC1. The van der Waals surface area contributed by atoms with Gasteiger partial charge in [0.1, 0.15) is 0 Å². The molecule has 0 spiro atoms. The van der Waals surface area contributed by atoms with Crippen LogP contribution in [0, 0.1) is 5.92 Å². The highest BCUT2D eigenvalue weighted by atomic mass is 32.1. The van der Waals surface area contributed by atoms with Gasteiger partial charge < -0.3 is 14.7 Å². The molecule has 6 heteroatoms. The number of aryl methyl sites for hydroxylation is 1. The summed E-state index contributed by atoms with van der Waals surface area (Å²) < 4.78 is 0. The molecule has 1 atom stereocenters. The Morgan fingerprint density at radius 3 is 2.48 bits per heavy atom. The van der Waals surface area contributed by atoms with Gasteiger partial charge in [-0.1, -0.05) is 6.92 Å². The van der Waals surface area contributed by atoms with Gasteiger partial charge >= 0.3 is 0 Å². The van der Waals surface area contributed by atoms with Crippen molar-refractivity contribution in [1.82, 2.24) is 14.7 Å². The van der Waals surface area contributed by atoms with Gasteiger partial charge in [0.25, 0.3) is 5.91 Å². The van der Waals surface area contributed by atoms with E-state index < -0.39 is 0 Å². The number of rotatable bonds is 3. The Morgan fingerprint density at radius 2 is 1.78 bits per heavy atom. The third-order valence-corrected chi connectivity index (χ3v) is 7.64. The largest absolute Gasteiger partial charge is 0.340 e. The van der Waals surface area contributed by atoms with Crippen LogP contribution in [0.3, 0.4) is 0 Å². The van der Waals surface area contributed by atoms with Crippen LogP contribution in [-0.4, -0.2) is 72.3 Å². The highest BCUT2D eigenvalue weighted by Gasteiger charge is 2.32. The Labute approximate surface area is 166 Å². The molecule has 3 heterocycles. The fraction of sp³-hybridized carbons (Fsp3) is 0.714. The zero-order valence-electron chi connectivity index (χ0n) is 16.4. The maximum Gasteiger partial charge on any atom is 0.263 e. The number of carbonyl (C=O) groups excluding carboxylic acids is 2. The molecular weight excluding hydrogens is 358 g/mol. The van der Waals surface area contributed by atoms with Crippen LogP contribution in [0.4, 0.5) is 0 Å². The lowest BCUT2D eigenvalue weighted by molar-refractivity contribution is -0.137. The van der Waals surface area contributed by atoms with Crippen LogP contribution in [-0.2, 0) is 17.6 Å². The van der Waals surface area contributed by atoms with Gasteiger partial charge in [-0.15, -0.1) is 11.3 Å². The quantitative estimate of drug-likeness (QED) is 0.798. The Bertz CT molecular complexity index is 688. The molecule has 148 valence electrons. The van der Waals surface area contributed by atoms with Gasteiger partial charge in [-0.2, -0.15) is 0 Å². The van der Waals surface area contributed by atoms with E-state index in [1.165, 1.54) is 16.9 Å². The van der Waals surface area contributed by atoms with Gasteiger partial charge in [0.05, 0.1) is 4.88 Å². The molecule has 2 saturated heterocycles. The molecule has 27 heavy (non-hydrogen) atoms. The zero-order chi connectivity index (χ0) is 18.8. The smallest absolute Gasteiger partial charge is 0.263 e. The second-order valence-electron chi connectivity index (χ2n) is 8.11. The molecule has 0 N–H and O–H groups in total. The molecule has 3 aliphatic rings. The van der Waals surface area contributed by atoms with Crippen molar-refractivity contribution in [3.63, 3.8) is 0 Å². The highest BCUT2D eigenvalue weighted by Crippen LogP contribution is 2.34. The van der Waals surface area contributed by atoms with Crippen LogP contribution in [0.25, 0.3) is 0 Å². The molecule has 5 nitrogen and oxygen atoms in total. The van der Waals surface area contributed by atoms with Crippen LogP contribution in [0.5, 0.6) is 0 Å². The van der Waals surface area contributed by atoms with E-state index in [1.807, 2.05) is 4.90 Å². The van der Waals surface area contributed by atoms with Crippen LogP contribution in [0.15, 0.2) is 6.07 Å². The molecule has 0 unspecified atom stereocenters. The number of piperidine rings is 1. The lowest BCUT2D eigenvalue weighted by Gasteiger charge is -2.36. The zero-order valence-corrected chi connectivity index (χ0v) is 17.2. The first-order valence-electron chi connectivity index (χ1n) is 10.6. The van der Waals surface area contributed by atoms with Crippen molar-refractivity contribution in [2.24, 2.45) is 5.92 Å². The molecule has 0 radical (unpaired) electrons. The maximum absolute atomic E-state index is 13.0. The highest BCUT2D eigenvalue weighted by molar-refractivity contribution is 7.14. The van der Waals surface area contributed by atoms with Gasteiger partial charge in [-0.05, 0) is 56.7 Å². The monoisotopic (exact) mass is 389 g/mol. The number of hydrogen-bond donors (Lipinski definition) is 0. The van der Waals surface area contributed by atoms with Crippen molar-refractivity contribution >= 4 is 23.2 Å². The van der Waals surface area contributed by atoms with E-state index in [0.717, 1.165) is 82.8 Å². The Balaban J connectivity index is 1.39. The lowest BCUT2D eigenvalue weighted by atomic mass is 9.87. The van der Waals surface area contributed by atoms with Gasteiger partial charge in [-0.25, -0.2) is 0 Å². The van der Waals surface area contributed by atoms with Gasteiger partial charge in [-0.3, -0.25) is 9.59 Å². The Kier molecular flexibility index (Phi) is 5.83. The minimum atomic E-state index is 0.0956. The predicted octanol–water partition coefficient (Wildman–Crippen LogP) is 2.64. The number of likely N-dealkylation sites (N-methyl/N-ethyl adjacent to an activating group) is 1. The Hall–Kier alpha value is -1.40. The first kappa shape index (κ1) is 18.9. The van der Waals surface area contributed by atoms with E-state index in [9.17, 15) is 9.59 Å².